The third kappa shape index (κ3) is 1.82. The molecule has 0 aliphatic carbocycles. The van der Waals surface area contributed by atoms with Gasteiger partial charge in [-0.15, -0.1) is 11.3 Å². The molecule has 0 atom stereocenters. The van der Waals surface area contributed by atoms with Gasteiger partial charge in [-0.1, -0.05) is 0 Å². The first-order valence-electron chi connectivity index (χ1n) is 4.10. The van der Waals surface area contributed by atoms with Gasteiger partial charge in [0, 0.05) is 7.05 Å². The number of aryl methyl sites for hydroxylation is 1. The summed E-state index contributed by atoms with van der Waals surface area (Å²) in [6.45, 7) is 0. The predicted octanol–water partition coefficient (Wildman–Crippen LogP) is 2.61. The van der Waals surface area contributed by atoms with Crippen LogP contribution < -0.4 is 0 Å². The second-order valence-electron chi connectivity index (χ2n) is 2.96. The second kappa shape index (κ2) is 3.79. The molecule has 2 aromatic heterocycles. The van der Waals surface area contributed by atoms with E-state index in [0.717, 1.165) is 8.66 Å². The average molecular weight is 287 g/mol. The molecule has 2 heterocycles. The van der Waals surface area contributed by atoms with E-state index in [2.05, 4.69) is 20.9 Å². The minimum Gasteiger partial charge on any atom is -0.476 e. The lowest BCUT2D eigenvalue weighted by Crippen LogP contribution is -2.00. The fraction of sp³-hybridized carbons (Fsp3) is 0.111. The van der Waals surface area contributed by atoms with Crippen molar-refractivity contribution in [3.8, 4) is 10.6 Å². The minimum atomic E-state index is -1.00. The first-order valence-corrected chi connectivity index (χ1v) is 5.71. The van der Waals surface area contributed by atoms with Gasteiger partial charge in [-0.3, -0.25) is 0 Å². The third-order valence-corrected chi connectivity index (χ3v) is 3.58. The summed E-state index contributed by atoms with van der Waals surface area (Å²) in [4.78, 5) is 15.7. The molecule has 0 aromatic carbocycles. The van der Waals surface area contributed by atoms with Crippen LogP contribution in [0.5, 0.6) is 0 Å². The number of hydrogen-bond donors (Lipinski definition) is 1. The van der Waals surface area contributed by atoms with Crippen LogP contribution in [0.15, 0.2) is 22.2 Å². The Morgan fingerprint density at radius 2 is 2.33 bits per heavy atom. The lowest BCUT2D eigenvalue weighted by Gasteiger charge is -1.99. The minimum absolute atomic E-state index is 0.0897. The highest BCUT2D eigenvalue weighted by Crippen LogP contribution is 2.32. The molecule has 0 unspecified atom stereocenters. The van der Waals surface area contributed by atoms with Crippen molar-refractivity contribution in [2.24, 2.45) is 7.05 Å². The number of thiophene rings is 1. The molecule has 2 aromatic rings. The molecule has 1 N–H and O–H groups in total. The maximum Gasteiger partial charge on any atom is 0.356 e. The van der Waals surface area contributed by atoms with Gasteiger partial charge in [0.25, 0.3) is 0 Å². The quantitative estimate of drug-likeness (QED) is 0.923. The summed E-state index contributed by atoms with van der Waals surface area (Å²) in [7, 11) is 1.78. The van der Waals surface area contributed by atoms with Gasteiger partial charge in [0.15, 0.2) is 5.69 Å². The molecule has 78 valence electrons. The number of imidazole rings is 1. The smallest absolute Gasteiger partial charge is 0.356 e. The molecular formula is C9H7BrN2O2S. The highest BCUT2D eigenvalue weighted by molar-refractivity contribution is 9.11. The van der Waals surface area contributed by atoms with Gasteiger partial charge in [0.2, 0.25) is 0 Å². The van der Waals surface area contributed by atoms with E-state index in [9.17, 15) is 4.79 Å². The number of halogens is 1. The van der Waals surface area contributed by atoms with E-state index < -0.39 is 5.97 Å². The monoisotopic (exact) mass is 286 g/mol. The fourth-order valence-electron chi connectivity index (χ4n) is 1.32. The topological polar surface area (TPSA) is 55.1 Å². The van der Waals surface area contributed by atoms with Gasteiger partial charge in [-0.2, -0.15) is 0 Å². The molecule has 4 nitrogen and oxygen atoms in total. The zero-order valence-electron chi connectivity index (χ0n) is 7.77. The van der Waals surface area contributed by atoms with Crippen molar-refractivity contribution in [3.63, 3.8) is 0 Å². The maximum atomic E-state index is 10.9. The molecular weight excluding hydrogens is 280 g/mol. The molecule has 0 saturated heterocycles. The largest absolute Gasteiger partial charge is 0.476 e. The molecule has 6 heteroatoms. The van der Waals surface area contributed by atoms with Crippen LogP contribution in [0.25, 0.3) is 10.6 Å². The molecule has 0 aliphatic rings. The number of carboxylic acid groups (broad SMARTS) is 1. The number of nitrogens with zero attached hydrogens (tertiary/aromatic N) is 2. The molecule has 0 fully saturated rings. The van der Waals surface area contributed by atoms with Crippen molar-refractivity contribution in [1.29, 1.82) is 0 Å². The lowest BCUT2D eigenvalue weighted by atomic mass is 10.3. The maximum absolute atomic E-state index is 10.9. The van der Waals surface area contributed by atoms with Gasteiger partial charge >= 0.3 is 5.97 Å². The molecule has 0 saturated carbocycles. The fourth-order valence-corrected chi connectivity index (χ4v) is 2.79. The summed E-state index contributed by atoms with van der Waals surface area (Å²) < 4.78 is 2.68. The third-order valence-electron chi connectivity index (χ3n) is 1.95. The normalized spacial score (nSPS) is 10.5. The number of aromatic nitrogens is 2. The molecule has 0 amide bonds. The summed E-state index contributed by atoms with van der Waals surface area (Å²) >= 11 is 4.83. The van der Waals surface area contributed by atoms with Crippen LogP contribution in [0.3, 0.4) is 0 Å². The first kappa shape index (κ1) is 10.4. The van der Waals surface area contributed by atoms with Crippen LogP contribution in [0.4, 0.5) is 0 Å². The Bertz CT molecular complexity index is 518. The Morgan fingerprint density at radius 3 is 2.87 bits per heavy atom. The molecule has 15 heavy (non-hydrogen) atoms. The highest BCUT2D eigenvalue weighted by Gasteiger charge is 2.18. The predicted molar refractivity (Wildman–Crippen MR) is 61.2 cm³/mol. The van der Waals surface area contributed by atoms with E-state index in [1.165, 1.54) is 17.7 Å². The van der Waals surface area contributed by atoms with Crippen LogP contribution in [-0.2, 0) is 7.05 Å². The Hall–Kier alpha value is -1.14. The van der Waals surface area contributed by atoms with Gasteiger partial charge < -0.3 is 9.67 Å². The molecule has 0 spiro atoms. The van der Waals surface area contributed by atoms with E-state index in [1.807, 2.05) is 12.1 Å². The van der Waals surface area contributed by atoms with Crippen molar-refractivity contribution in [2.45, 2.75) is 0 Å². The highest BCUT2D eigenvalue weighted by atomic mass is 79.9. The van der Waals surface area contributed by atoms with Gasteiger partial charge in [-0.05, 0) is 28.1 Å². The first-order chi connectivity index (χ1) is 7.09. The van der Waals surface area contributed by atoms with Crippen molar-refractivity contribution in [3.05, 3.63) is 27.9 Å². The molecule has 0 aliphatic heterocycles. The Balaban J connectivity index is 2.60. The van der Waals surface area contributed by atoms with Gasteiger partial charge in [-0.25, -0.2) is 9.78 Å². The van der Waals surface area contributed by atoms with Crippen molar-refractivity contribution >= 4 is 33.2 Å². The van der Waals surface area contributed by atoms with Crippen LogP contribution in [-0.4, -0.2) is 20.6 Å². The van der Waals surface area contributed by atoms with Crippen LogP contribution >= 0.6 is 27.3 Å². The molecule has 2 rings (SSSR count). The van der Waals surface area contributed by atoms with Crippen molar-refractivity contribution in [2.75, 3.05) is 0 Å². The molecule has 0 bridgehead atoms. The van der Waals surface area contributed by atoms with E-state index >= 15 is 0 Å². The number of aromatic carboxylic acids is 1. The van der Waals surface area contributed by atoms with E-state index in [1.54, 1.807) is 11.6 Å². The average Bonchev–Trinajstić information content (AvgIpc) is 2.71. The van der Waals surface area contributed by atoms with Gasteiger partial charge in [0.1, 0.15) is 0 Å². The summed E-state index contributed by atoms with van der Waals surface area (Å²) in [6, 6.07) is 3.76. The van der Waals surface area contributed by atoms with E-state index in [0.29, 0.717) is 5.69 Å². The summed E-state index contributed by atoms with van der Waals surface area (Å²) in [5.74, 6) is -1.00. The Labute approximate surface area is 98.3 Å². The number of carboxylic acids is 1. The standard InChI is InChI=1S/C9H7BrN2O2S/c1-12-4-11-7(9(13)14)8(12)5-2-3-6(10)15-5/h2-4H,1H3,(H,13,14). The Kier molecular flexibility index (Phi) is 2.62. The number of carbonyl (C=O) groups is 1. The molecule has 0 radical (unpaired) electrons. The number of hydrogen-bond acceptors (Lipinski definition) is 3. The van der Waals surface area contributed by atoms with Crippen molar-refractivity contribution in [1.82, 2.24) is 9.55 Å². The number of rotatable bonds is 2. The summed E-state index contributed by atoms with van der Waals surface area (Å²) in [5, 5.41) is 8.96. The van der Waals surface area contributed by atoms with Crippen LogP contribution in [0, 0.1) is 0 Å². The van der Waals surface area contributed by atoms with E-state index in [-0.39, 0.29) is 5.69 Å². The van der Waals surface area contributed by atoms with E-state index in [4.69, 9.17) is 5.11 Å². The summed E-state index contributed by atoms with van der Waals surface area (Å²) in [6.07, 6.45) is 1.51. The van der Waals surface area contributed by atoms with Crippen LogP contribution in [0.2, 0.25) is 0 Å². The second-order valence-corrected chi connectivity index (χ2v) is 5.42. The summed E-state index contributed by atoms with van der Waals surface area (Å²) in [5.41, 5.74) is 0.727. The zero-order valence-corrected chi connectivity index (χ0v) is 10.2. The van der Waals surface area contributed by atoms with Gasteiger partial charge in [0.05, 0.1) is 20.7 Å². The Morgan fingerprint density at radius 1 is 1.60 bits per heavy atom. The zero-order chi connectivity index (χ0) is 11.0. The van der Waals surface area contributed by atoms with Crippen molar-refractivity contribution < 1.29 is 9.90 Å². The van der Waals surface area contributed by atoms with Crippen LogP contribution in [0.1, 0.15) is 10.5 Å². The SMILES string of the molecule is Cn1cnc(C(=O)O)c1-c1ccc(Br)s1. The lowest BCUT2D eigenvalue weighted by molar-refractivity contribution is 0.0692.